The van der Waals surface area contributed by atoms with Crippen molar-refractivity contribution < 1.29 is 9.53 Å². The highest BCUT2D eigenvalue weighted by Gasteiger charge is 2.06. The fourth-order valence-electron chi connectivity index (χ4n) is 2.01. The summed E-state index contributed by atoms with van der Waals surface area (Å²) < 4.78 is 5.21. The van der Waals surface area contributed by atoms with E-state index >= 15 is 0 Å². The number of carbonyl (C=O) groups excluding carboxylic acids is 1. The lowest BCUT2D eigenvalue weighted by molar-refractivity contribution is 0.151. The molecule has 0 aliphatic carbocycles. The Morgan fingerprint density at radius 2 is 1.71 bits per heavy atom. The summed E-state index contributed by atoms with van der Waals surface area (Å²) in [6.45, 7) is 2.32. The normalized spacial score (nSPS) is 10.6. The van der Waals surface area contributed by atoms with Gasteiger partial charge in [-0.3, -0.25) is 0 Å². The molecular weight excluding hydrogens is 298 g/mol. The Morgan fingerprint density at radius 3 is 2.38 bits per heavy atom. The van der Waals surface area contributed by atoms with Crippen molar-refractivity contribution in [3.05, 3.63) is 71.8 Å². The van der Waals surface area contributed by atoms with Crippen LogP contribution in [0.2, 0.25) is 0 Å². The molecule has 2 aromatic carbocycles. The number of aliphatic imine (C=N–C) groups is 1. The van der Waals surface area contributed by atoms with Crippen molar-refractivity contribution in [3.8, 4) is 11.8 Å². The van der Waals surface area contributed by atoms with Crippen molar-refractivity contribution in [2.45, 2.75) is 32.8 Å². The smallest absolute Gasteiger partial charge is 0.435 e. The van der Waals surface area contributed by atoms with Crippen LogP contribution in [0.3, 0.4) is 0 Å². The average molecular weight is 319 g/mol. The monoisotopic (exact) mass is 319 g/mol. The standard InChI is InChI=1S/C21H21NO2/c1-2-3-4-11-16-20(19-14-9-6-10-15-19)22-21(23)24-17-18-12-7-5-8-13-18/h5-10,12-15H,2-4,17H2,1H3/b22-20-. The first-order valence-electron chi connectivity index (χ1n) is 8.13. The molecule has 2 aromatic rings. The predicted molar refractivity (Wildman–Crippen MR) is 96.9 cm³/mol. The van der Waals surface area contributed by atoms with Gasteiger partial charge in [-0.1, -0.05) is 79.9 Å². The van der Waals surface area contributed by atoms with Crippen LogP contribution in [-0.4, -0.2) is 11.8 Å². The Morgan fingerprint density at radius 1 is 1.04 bits per heavy atom. The molecule has 3 heteroatoms. The number of hydrogen-bond donors (Lipinski definition) is 0. The maximum Gasteiger partial charge on any atom is 0.435 e. The molecular formula is C21H21NO2. The van der Waals surface area contributed by atoms with Gasteiger partial charge in [0.1, 0.15) is 12.3 Å². The zero-order valence-corrected chi connectivity index (χ0v) is 13.9. The van der Waals surface area contributed by atoms with Crippen LogP contribution in [0.15, 0.2) is 65.7 Å². The molecule has 3 nitrogen and oxygen atoms in total. The van der Waals surface area contributed by atoms with Gasteiger partial charge in [0.25, 0.3) is 0 Å². The molecule has 1 amide bonds. The second kappa shape index (κ2) is 10.0. The van der Waals surface area contributed by atoms with Crippen molar-refractivity contribution in [2.75, 3.05) is 0 Å². The summed E-state index contributed by atoms with van der Waals surface area (Å²) in [5, 5.41) is 0. The van der Waals surface area contributed by atoms with E-state index in [0.29, 0.717) is 5.71 Å². The third-order valence-corrected chi connectivity index (χ3v) is 3.32. The molecule has 24 heavy (non-hydrogen) atoms. The van der Waals surface area contributed by atoms with E-state index < -0.39 is 6.09 Å². The van der Waals surface area contributed by atoms with Crippen LogP contribution in [0.5, 0.6) is 0 Å². The summed E-state index contributed by atoms with van der Waals surface area (Å²) in [6.07, 6.45) is 2.29. The molecule has 0 unspecified atom stereocenters. The number of carbonyl (C=O) groups is 1. The quantitative estimate of drug-likeness (QED) is 0.441. The first-order chi connectivity index (χ1) is 11.8. The summed E-state index contributed by atoms with van der Waals surface area (Å²) >= 11 is 0. The van der Waals surface area contributed by atoms with Crippen molar-refractivity contribution in [1.82, 2.24) is 0 Å². The van der Waals surface area contributed by atoms with Gasteiger partial charge in [0.2, 0.25) is 0 Å². The molecule has 0 N–H and O–H groups in total. The molecule has 0 aromatic heterocycles. The van der Waals surface area contributed by atoms with Crippen molar-refractivity contribution in [2.24, 2.45) is 4.99 Å². The molecule has 2 rings (SSSR count). The van der Waals surface area contributed by atoms with Crippen LogP contribution in [-0.2, 0) is 11.3 Å². The van der Waals surface area contributed by atoms with Crippen LogP contribution in [0, 0.1) is 11.8 Å². The van der Waals surface area contributed by atoms with Crippen LogP contribution < -0.4 is 0 Å². The molecule has 0 radical (unpaired) electrons. The highest BCUT2D eigenvalue weighted by molar-refractivity contribution is 6.16. The molecule has 0 aliphatic heterocycles. The highest BCUT2D eigenvalue weighted by atomic mass is 16.5. The van der Waals surface area contributed by atoms with Gasteiger partial charge in [0, 0.05) is 12.0 Å². The molecule has 0 saturated carbocycles. The maximum absolute atomic E-state index is 12.0. The first kappa shape index (κ1) is 17.5. The van der Waals surface area contributed by atoms with Gasteiger partial charge in [0.05, 0.1) is 0 Å². The largest absolute Gasteiger partial charge is 0.443 e. The van der Waals surface area contributed by atoms with E-state index in [1.165, 1.54) is 0 Å². The van der Waals surface area contributed by atoms with E-state index in [4.69, 9.17) is 4.74 Å². The second-order valence-corrected chi connectivity index (χ2v) is 5.27. The number of benzene rings is 2. The molecule has 0 fully saturated rings. The number of ether oxygens (including phenoxy) is 1. The fraction of sp³-hybridized carbons (Fsp3) is 0.238. The lowest BCUT2D eigenvalue weighted by atomic mass is 10.1. The van der Waals surface area contributed by atoms with Gasteiger partial charge in [-0.25, -0.2) is 4.79 Å². The fourth-order valence-corrected chi connectivity index (χ4v) is 2.01. The molecule has 0 bridgehead atoms. The SMILES string of the molecule is CCCCC#C/C(=N/C(=O)OCc1ccccc1)c1ccccc1. The second-order valence-electron chi connectivity index (χ2n) is 5.27. The third kappa shape index (κ3) is 6.10. The molecule has 0 saturated heterocycles. The summed E-state index contributed by atoms with van der Waals surface area (Å²) in [4.78, 5) is 16.1. The van der Waals surface area contributed by atoms with Gasteiger partial charge in [-0.15, -0.1) is 0 Å². The molecule has 0 heterocycles. The van der Waals surface area contributed by atoms with Gasteiger partial charge < -0.3 is 4.74 Å². The van der Waals surface area contributed by atoms with Gasteiger partial charge in [-0.05, 0) is 17.9 Å². The average Bonchev–Trinajstić information content (AvgIpc) is 2.64. The molecule has 0 atom stereocenters. The minimum Gasteiger partial charge on any atom is -0.443 e. The summed E-state index contributed by atoms with van der Waals surface area (Å²) in [6, 6.07) is 19.0. The van der Waals surface area contributed by atoms with Gasteiger partial charge in [0.15, 0.2) is 0 Å². The minimum atomic E-state index is -0.623. The van der Waals surface area contributed by atoms with Gasteiger partial charge >= 0.3 is 6.09 Å². The van der Waals surface area contributed by atoms with Crippen LogP contribution in [0.1, 0.15) is 37.3 Å². The zero-order chi connectivity index (χ0) is 17.0. The van der Waals surface area contributed by atoms with E-state index in [2.05, 4.69) is 23.8 Å². The van der Waals surface area contributed by atoms with Crippen LogP contribution in [0.4, 0.5) is 4.79 Å². The van der Waals surface area contributed by atoms with E-state index in [9.17, 15) is 4.79 Å². The molecule has 0 spiro atoms. The Balaban J connectivity index is 2.08. The summed E-state index contributed by atoms with van der Waals surface area (Å²) in [5.74, 6) is 6.07. The van der Waals surface area contributed by atoms with E-state index in [-0.39, 0.29) is 6.61 Å². The number of nitrogens with zero attached hydrogens (tertiary/aromatic N) is 1. The molecule has 122 valence electrons. The summed E-state index contributed by atoms with van der Waals surface area (Å²) in [7, 11) is 0. The Kier molecular flexibility index (Phi) is 7.30. The van der Waals surface area contributed by atoms with Crippen LogP contribution >= 0.6 is 0 Å². The molecule has 0 aliphatic rings. The number of hydrogen-bond acceptors (Lipinski definition) is 2. The van der Waals surface area contributed by atoms with E-state index in [1.807, 2.05) is 60.7 Å². The van der Waals surface area contributed by atoms with Crippen molar-refractivity contribution in [3.63, 3.8) is 0 Å². The minimum absolute atomic E-state index is 0.203. The van der Waals surface area contributed by atoms with Crippen LogP contribution in [0.25, 0.3) is 0 Å². The first-order valence-corrected chi connectivity index (χ1v) is 8.13. The number of amides is 1. The highest BCUT2D eigenvalue weighted by Crippen LogP contribution is 2.05. The third-order valence-electron chi connectivity index (χ3n) is 3.32. The van der Waals surface area contributed by atoms with Crippen molar-refractivity contribution in [1.29, 1.82) is 0 Å². The van der Waals surface area contributed by atoms with Crippen molar-refractivity contribution >= 4 is 11.8 Å². The Labute approximate surface area is 143 Å². The predicted octanol–water partition coefficient (Wildman–Crippen LogP) is 5.01. The summed E-state index contributed by atoms with van der Waals surface area (Å²) in [5.41, 5.74) is 2.19. The number of unbranched alkanes of at least 4 members (excludes halogenated alkanes) is 2. The topological polar surface area (TPSA) is 38.7 Å². The lowest BCUT2D eigenvalue weighted by Crippen LogP contribution is -2.05. The van der Waals surface area contributed by atoms with E-state index in [0.717, 1.165) is 30.4 Å². The van der Waals surface area contributed by atoms with E-state index in [1.54, 1.807) is 0 Å². The lowest BCUT2D eigenvalue weighted by Gasteiger charge is -2.03. The number of rotatable bonds is 5. The Hall–Kier alpha value is -2.86. The Bertz CT molecular complexity index is 725. The zero-order valence-electron chi connectivity index (χ0n) is 13.9. The maximum atomic E-state index is 12.0. The van der Waals surface area contributed by atoms with Gasteiger partial charge in [-0.2, -0.15) is 4.99 Å².